The Kier molecular flexibility index (Phi) is 4.44. The van der Waals surface area contributed by atoms with Crippen LogP contribution in [0, 0.1) is 0 Å². The van der Waals surface area contributed by atoms with Gasteiger partial charge in [-0.3, -0.25) is 4.90 Å². The van der Waals surface area contributed by atoms with Crippen LogP contribution in [0.3, 0.4) is 0 Å². The van der Waals surface area contributed by atoms with Gasteiger partial charge in [0, 0.05) is 31.7 Å². The second-order valence-electron chi connectivity index (χ2n) is 5.43. The first kappa shape index (κ1) is 13.3. The Morgan fingerprint density at radius 3 is 2.65 bits per heavy atom. The average molecular weight is 260 g/mol. The van der Waals surface area contributed by atoms with Crippen molar-refractivity contribution in [1.82, 2.24) is 10.2 Å². The lowest BCUT2D eigenvalue weighted by Gasteiger charge is -2.33. The number of hydrogen-bond donors (Lipinski definition) is 1. The Morgan fingerprint density at radius 2 is 2.00 bits per heavy atom. The fourth-order valence-corrected chi connectivity index (χ4v) is 4.53. The summed E-state index contributed by atoms with van der Waals surface area (Å²) in [5.41, 5.74) is 0. The fraction of sp³-hybridized carbons (Fsp3) is 1.00. The molecule has 1 saturated heterocycles. The number of hydrogen-bond acceptors (Lipinski definition) is 4. The van der Waals surface area contributed by atoms with Crippen molar-refractivity contribution < 1.29 is 8.42 Å². The first-order chi connectivity index (χ1) is 8.07. The maximum absolute atomic E-state index is 11.4. The summed E-state index contributed by atoms with van der Waals surface area (Å²) in [6.07, 6.45) is 5.33. The van der Waals surface area contributed by atoms with Crippen molar-refractivity contribution >= 4 is 9.84 Å². The summed E-state index contributed by atoms with van der Waals surface area (Å²) in [5.74, 6) is 0.664. The Labute approximate surface area is 105 Å². The molecule has 0 aromatic rings. The summed E-state index contributed by atoms with van der Waals surface area (Å²) in [6, 6.07) is 0.887. The minimum absolute atomic E-state index is 0.180. The maximum Gasteiger partial charge on any atom is 0.153 e. The highest BCUT2D eigenvalue weighted by Crippen LogP contribution is 2.17. The Balaban J connectivity index is 1.69. The maximum atomic E-state index is 11.4. The van der Waals surface area contributed by atoms with Gasteiger partial charge < -0.3 is 5.32 Å². The molecule has 0 aromatic carbocycles. The predicted octanol–water partition coefficient (Wildman–Crippen LogP) is 0.638. The van der Waals surface area contributed by atoms with Gasteiger partial charge in [-0.05, 0) is 19.8 Å². The van der Waals surface area contributed by atoms with Crippen LogP contribution in [0.1, 0.15) is 32.6 Å². The van der Waals surface area contributed by atoms with E-state index in [1.165, 1.54) is 25.7 Å². The van der Waals surface area contributed by atoms with Gasteiger partial charge in [-0.25, -0.2) is 8.42 Å². The van der Waals surface area contributed by atoms with E-state index in [1.54, 1.807) is 0 Å². The van der Waals surface area contributed by atoms with Crippen molar-refractivity contribution in [2.45, 2.75) is 44.7 Å². The molecule has 2 fully saturated rings. The van der Waals surface area contributed by atoms with Crippen molar-refractivity contribution in [2.75, 3.05) is 31.1 Å². The third-order valence-electron chi connectivity index (χ3n) is 4.00. The van der Waals surface area contributed by atoms with Gasteiger partial charge in [0.15, 0.2) is 9.84 Å². The molecule has 0 bridgehead atoms. The van der Waals surface area contributed by atoms with Crippen molar-refractivity contribution in [3.63, 3.8) is 0 Å². The number of sulfone groups is 1. The second kappa shape index (κ2) is 5.67. The molecule has 1 unspecified atom stereocenters. The minimum atomic E-state index is -2.77. The summed E-state index contributed by atoms with van der Waals surface area (Å²) in [7, 11) is -2.77. The average Bonchev–Trinajstić information content (AvgIpc) is 2.73. The summed E-state index contributed by atoms with van der Waals surface area (Å²) in [6.45, 7) is 4.70. The topological polar surface area (TPSA) is 49.4 Å². The molecule has 1 aliphatic heterocycles. The molecule has 0 radical (unpaired) electrons. The number of nitrogens with zero attached hydrogens (tertiary/aromatic N) is 1. The molecule has 1 atom stereocenters. The summed E-state index contributed by atoms with van der Waals surface area (Å²) >= 11 is 0. The highest BCUT2D eigenvalue weighted by molar-refractivity contribution is 7.91. The third-order valence-corrected chi connectivity index (χ3v) is 5.79. The summed E-state index contributed by atoms with van der Waals surface area (Å²) < 4.78 is 22.9. The van der Waals surface area contributed by atoms with Crippen LogP contribution in [0.2, 0.25) is 0 Å². The van der Waals surface area contributed by atoms with E-state index in [0.717, 1.165) is 13.1 Å². The first-order valence-electron chi connectivity index (χ1n) is 6.75. The molecule has 5 heteroatoms. The Hall–Kier alpha value is -0.130. The normalized spacial score (nSPS) is 30.8. The Morgan fingerprint density at radius 1 is 1.29 bits per heavy atom. The lowest BCUT2D eigenvalue weighted by molar-refractivity contribution is 0.224. The lowest BCUT2D eigenvalue weighted by atomic mass is 10.2. The van der Waals surface area contributed by atoms with E-state index < -0.39 is 9.84 Å². The molecule has 1 saturated carbocycles. The van der Waals surface area contributed by atoms with Gasteiger partial charge >= 0.3 is 0 Å². The molecular weight excluding hydrogens is 236 g/mol. The van der Waals surface area contributed by atoms with E-state index in [-0.39, 0.29) is 6.04 Å². The van der Waals surface area contributed by atoms with Crippen LogP contribution in [-0.4, -0.2) is 56.5 Å². The molecule has 100 valence electrons. The van der Waals surface area contributed by atoms with Crippen LogP contribution in [-0.2, 0) is 9.84 Å². The van der Waals surface area contributed by atoms with Gasteiger partial charge in [0.1, 0.15) is 0 Å². The molecule has 4 nitrogen and oxygen atoms in total. The molecule has 0 amide bonds. The molecule has 1 N–H and O–H groups in total. The van der Waals surface area contributed by atoms with Crippen LogP contribution >= 0.6 is 0 Å². The zero-order chi connectivity index (χ0) is 12.3. The molecule has 0 aromatic heterocycles. The zero-order valence-electron chi connectivity index (χ0n) is 10.7. The molecule has 1 heterocycles. The third kappa shape index (κ3) is 3.93. The Bertz CT molecular complexity index is 336. The van der Waals surface area contributed by atoms with Crippen molar-refractivity contribution in [3.05, 3.63) is 0 Å². The van der Waals surface area contributed by atoms with Crippen LogP contribution in [0.15, 0.2) is 0 Å². The monoisotopic (exact) mass is 260 g/mol. The smallest absolute Gasteiger partial charge is 0.153 e. The van der Waals surface area contributed by atoms with E-state index in [2.05, 4.69) is 10.2 Å². The van der Waals surface area contributed by atoms with Gasteiger partial charge in [-0.1, -0.05) is 12.8 Å². The summed E-state index contributed by atoms with van der Waals surface area (Å²) in [5, 5.41) is 3.58. The highest BCUT2D eigenvalue weighted by Gasteiger charge is 2.27. The van der Waals surface area contributed by atoms with Gasteiger partial charge in [0.05, 0.1) is 11.5 Å². The van der Waals surface area contributed by atoms with Gasteiger partial charge in [-0.2, -0.15) is 0 Å². The van der Waals surface area contributed by atoms with Crippen LogP contribution in [0.5, 0.6) is 0 Å². The molecular formula is C12H24N2O2S. The lowest BCUT2D eigenvalue weighted by Crippen LogP contribution is -2.49. The van der Waals surface area contributed by atoms with E-state index in [9.17, 15) is 8.42 Å². The molecule has 17 heavy (non-hydrogen) atoms. The van der Waals surface area contributed by atoms with E-state index >= 15 is 0 Å². The van der Waals surface area contributed by atoms with Crippen LogP contribution in [0.4, 0.5) is 0 Å². The van der Waals surface area contributed by atoms with Crippen molar-refractivity contribution in [2.24, 2.45) is 0 Å². The summed E-state index contributed by atoms with van der Waals surface area (Å²) in [4.78, 5) is 2.29. The van der Waals surface area contributed by atoms with Gasteiger partial charge in [0.25, 0.3) is 0 Å². The van der Waals surface area contributed by atoms with Crippen molar-refractivity contribution in [1.29, 1.82) is 0 Å². The molecule has 1 aliphatic carbocycles. The SMILES string of the molecule is CC1CS(=O)(=O)CCN1CCNC1CCCC1. The van der Waals surface area contributed by atoms with Crippen LogP contribution in [0.25, 0.3) is 0 Å². The zero-order valence-corrected chi connectivity index (χ0v) is 11.5. The quantitative estimate of drug-likeness (QED) is 0.806. The number of rotatable bonds is 4. The molecule has 2 aliphatic rings. The molecule has 0 spiro atoms. The highest BCUT2D eigenvalue weighted by atomic mass is 32.2. The standard InChI is InChI=1S/C12H24N2O2S/c1-11-10-17(15,16)9-8-14(11)7-6-13-12-4-2-3-5-12/h11-13H,2-10H2,1H3. The van der Waals surface area contributed by atoms with E-state index in [0.29, 0.717) is 24.1 Å². The van der Waals surface area contributed by atoms with E-state index in [1.807, 2.05) is 6.92 Å². The van der Waals surface area contributed by atoms with Crippen LogP contribution < -0.4 is 5.32 Å². The molecule has 2 rings (SSSR count). The van der Waals surface area contributed by atoms with Crippen molar-refractivity contribution in [3.8, 4) is 0 Å². The first-order valence-corrected chi connectivity index (χ1v) is 8.57. The number of nitrogens with one attached hydrogen (secondary N) is 1. The largest absolute Gasteiger partial charge is 0.313 e. The predicted molar refractivity (Wildman–Crippen MR) is 69.9 cm³/mol. The van der Waals surface area contributed by atoms with Gasteiger partial charge in [-0.15, -0.1) is 0 Å². The van der Waals surface area contributed by atoms with E-state index in [4.69, 9.17) is 0 Å². The second-order valence-corrected chi connectivity index (χ2v) is 7.66. The van der Waals surface area contributed by atoms with Gasteiger partial charge in [0.2, 0.25) is 0 Å². The fourth-order valence-electron chi connectivity index (χ4n) is 2.91. The minimum Gasteiger partial charge on any atom is -0.313 e.